The van der Waals surface area contributed by atoms with Crippen molar-refractivity contribution in [3.63, 3.8) is 0 Å². The summed E-state index contributed by atoms with van der Waals surface area (Å²) in [5, 5.41) is 8.63. The number of likely N-dealkylation sites (tertiary alicyclic amines) is 1. The van der Waals surface area contributed by atoms with Crippen LogP contribution in [-0.4, -0.2) is 48.5 Å². The minimum atomic E-state index is -0.728. The van der Waals surface area contributed by atoms with E-state index in [1.54, 1.807) is 7.11 Å². The Labute approximate surface area is 137 Å². The number of carboxylic acids is 1. The van der Waals surface area contributed by atoms with Gasteiger partial charge in [-0.2, -0.15) is 0 Å². The predicted molar refractivity (Wildman–Crippen MR) is 88.0 cm³/mol. The third kappa shape index (κ3) is 5.36. The zero-order valence-electron chi connectivity index (χ0n) is 13.7. The van der Waals surface area contributed by atoms with Crippen LogP contribution in [-0.2, 0) is 4.79 Å². The number of hydrogen-bond donors (Lipinski definition) is 1. The molecule has 23 heavy (non-hydrogen) atoms. The largest absolute Gasteiger partial charge is 0.497 e. The highest BCUT2D eigenvalue weighted by Gasteiger charge is 2.25. The first-order valence-corrected chi connectivity index (χ1v) is 8.22. The summed E-state index contributed by atoms with van der Waals surface area (Å²) in [7, 11) is 1.61. The predicted octanol–water partition coefficient (Wildman–Crippen LogP) is 2.84. The van der Waals surface area contributed by atoms with Crippen LogP contribution < -0.4 is 4.74 Å². The van der Waals surface area contributed by atoms with Crippen LogP contribution in [0.1, 0.15) is 42.5 Å². The summed E-state index contributed by atoms with van der Waals surface area (Å²) in [4.78, 5) is 25.3. The lowest BCUT2D eigenvalue weighted by molar-refractivity contribution is -0.137. The summed E-state index contributed by atoms with van der Waals surface area (Å²) >= 11 is 0. The molecule has 1 fully saturated rings. The van der Waals surface area contributed by atoms with Crippen molar-refractivity contribution in [3.05, 3.63) is 29.8 Å². The van der Waals surface area contributed by atoms with Gasteiger partial charge in [0.15, 0.2) is 5.78 Å². The highest BCUT2D eigenvalue weighted by molar-refractivity contribution is 5.98. The molecule has 1 aliphatic rings. The fourth-order valence-electron chi connectivity index (χ4n) is 3.02. The van der Waals surface area contributed by atoms with E-state index in [0.717, 1.165) is 56.6 Å². The van der Waals surface area contributed by atoms with E-state index in [1.807, 2.05) is 24.3 Å². The van der Waals surface area contributed by atoms with Crippen molar-refractivity contribution in [2.75, 3.05) is 26.7 Å². The van der Waals surface area contributed by atoms with E-state index in [-0.39, 0.29) is 18.1 Å². The molecular weight excluding hydrogens is 294 g/mol. The number of rotatable bonds is 8. The van der Waals surface area contributed by atoms with Crippen LogP contribution in [0, 0.1) is 5.92 Å². The van der Waals surface area contributed by atoms with Crippen LogP contribution >= 0.6 is 0 Å². The Hall–Kier alpha value is -1.88. The van der Waals surface area contributed by atoms with Crippen molar-refractivity contribution in [2.45, 2.75) is 32.1 Å². The third-order valence-corrected chi connectivity index (χ3v) is 4.45. The van der Waals surface area contributed by atoms with Gasteiger partial charge in [-0.1, -0.05) is 0 Å². The van der Waals surface area contributed by atoms with Crippen LogP contribution in [0.3, 0.4) is 0 Å². The first-order chi connectivity index (χ1) is 11.1. The molecule has 1 aliphatic heterocycles. The zero-order chi connectivity index (χ0) is 16.7. The number of carbonyl (C=O) groups excluding carboxylic acids is 1. The molecule has 126 valence electrons. The number of carbonyl (C=O) groups is 2. The van der Waals surface area contributed by atoms with E-state index in [4.69, 9.17) is 9.84 Å². The molecule has 0 spiro atoms. The first-order valence-electron chi connectivity index (χ1n) is 8.22. The number of ketones is 1. The Kier molecular flexibility index (Phi) is 6.59. The minimum absolute atomic E-state index is 0.0960. The van der Waals surface area contributed by atoms with E-state index in [9.17, 15) is 9.59 Å². The molecule has 2 rings (SSSR count). The van der Waals surface area contributed by atoms with E-state index in [1.165, 1.54) is 0 Å². The quantitative estimate of drug-likeness (QED) is 0.589. The summed E-state index contributed by atoms with van der Waals surface area (Å²) < 4.78 is 5.12. The van der Waals surface area contributed by atoms with Gasteiger partial charge < -0.3 is 14.7 Å². The van der Waals surface area contributed by atoms with Crippen LogP contribution in [0.25, 0.3) is 0 Å². The highest BCUT2D eigenvalue weighted by Crippen LogP contribution is 2.23. The number of hydrogen-bond acceptors (Lipinski definition) is 4. The van der Waals surface area contributed by atoms with Gasteiger partial charge in [-0.05, 0) is 69.6 Å². The average molecular weight is 319 g/mol. The van der Waals surface area contributed by atoms with Crippen molar-refractivity contribution in [3.8, 4) is 5.75 Å². The smallest absolute Gasteiger partial charge is 0.303 e. The van der Waals surface area contributed by atoms with Crippen molar-refractivity contribution in [2.24, 2.45) is 5.92 Å². The van der Waals surface area contributed by atoms with Gasteiger partial charge >= 0.3 is 5.97 Å². The first kappa shape index (κ1) is 17.5. The Morgan fingerprint density at radius 3 is 2.39 bits per heavy atom. The van der Waals surface area contributed by atoms with Crippen LogP contribution in [0.4, 0.5) is 0 Å². The van der Waals surface area contributed by atoms with E-state index in [0.29, 0.717) is 0 Å². The normalized spacial score (nSPS) is 16.2. The molecular formula is C18H25NO4. The summed E-state index contributed by atoms with van der Waals surface area (Å²) in [5.41, 5.74) is 0.755. The maximum absolute atomic E-state index is 12.5. The van der Waals surface area contributed by atoms with Gasteiger partial charge in [0.25, 0.3) is 0 Å². The number of nitrogens with zero attached hydrogens (tertiary/aromatic N) is 1. The van der Waals surface area contributed by atoms with Gasteiger partial charge in [-0.25, -0.2) is 0 Å². The standard InChI is InChI=1S/C18H25NO4/c1-23-16-7-5-14(6-8-16)18(22)15-9-12-19(13-10-15)11-3-2-4-17(20)21/h5-8,15H,2-4,9-13H2,1H3,(H,20,21). The Balaban J connectivity index is 1.74. The third-order valence-electron chi connectivity index (χ3n) is 4.45. The monoisotopic (exact) mass is 319 g/mol. The number of benzene rings is 1. The lowest BCUT2D eigenvalue weighted by Crippen LogP contribution is -2.36. The number of piperidine rings is 1. The van der Waals surface area contributed by atoms with Gasteiger partial charge in [0.2, 0.25) is 0 Å². The molecule has 0 radical (unpaired) electrons. The number of Topliss-reactive ketones (excluding diaryl/α,β-unsaturated/α-hetero) is 1. The molecule has 1 saturated heterocycles. The van der Waals surface area contributed by atoms with Crippen LogP contribution in [0.5, 0.6) is 5.75 Å². The second kappa shape index (κ2) is 8.67. The second-order valence-electron chi connectivity index (χ2n) is 6.06. The van der Waals surface area contributed by atoms with Crippen molar-refractivity contribution in [1.29, 1.82) is 0 Å². The Bertz CT molecular complexity index is 518. The van der Waals surface area contributed by atoms with Crippen molar-refractivity contribution >= 4 is 11.8 Å². The lowest BCUT2D eigenvalue weighted by Gasteiger charge is -2.31. The van der Waals surface area contributed by atoms with Gasteiger partial charge in [0, 0.05) is 17.9 Å². The fraction of sp³-hybridized carbons (Fsp3) is 0.556. The highest BCUT2D eigenvalue weighted by atomic mass is 16.5. The number of unbranched alkanes of at least 4 members (excludes halogenated alkanes) is 1. The molecule has 0 amide bonds. The SMILES string of the molecule is COc1ccc(C(=O)C2CCN(CCCCC(=O)O)CC2)cc1. The second-order valence-corrected chi connectivity index (χ2v) is 6.06. The maximum Gasteiger partial charge on any atom is 0.303 e. The summed E-state index contributed by atoms with van der Waals surface area (Å²) in [6.07, 6.45) is 3.63. The van der Waals surface area contributed by atoms with Gasteiger partial charge in [0.05, 0.1) is 7.11 Å². The molecule has 1 aromatic carbocycles. The molecule has 1 aromatic rings. The van der Waals surface area contributed by atoms with Gasteiger partial charge in [0.1, 0.15) is 5.75 Å². The molecule has 1 heterocycles. The van der Waals surface area contributed by atoms with Crippen molar-refractivity contribution < 1.29 is 19.4 Å². The number of aliphatic carboxylic acids is 1. The van der Waals surface area contributed by atoms with Crippen LogP contribution in [0.15, 0.2) is 24.3 Å². The Morgan fingerprint density at radius 1 is 1.17 bits per heavy atom. The van der Waals surface area contributed by atoms with Gasteiger partial charge in [-0.3, -0.25) is 9.59 Å². The Morgan fingerprint density at radius 2 is 1.83 bits per heavy atom. The van der Waals surface area contributed by atoms with Crippen LogP contribution in [0.2, 0.25) is 0 Å². The molecule has 0 atom stereocenters. The van der Waals surface area contributed by atoms with E-state index < -0.39 is 5.97 Å². The molecule has 0 unspecified atom stereocenters. The molecule has 5 heteroatoms. The lowest BCUT2D eigenvalue weighted by atomic mass is 9.89. The fourth-order valence-corrected chi connectivity index (χ4v) is 3.02. The summed E-state index contributed by atoms with van der Waals surface area (Å²) in [6.45, 7) is 2.76. The maximum atomic E-state index is 12.5. The van der Waals surface area contributed by atoms with E-state index in [2.05, 4.69) is 4.90 Å². The number of carboxylic acid groups (broad SMARTS) is 1. The number of ether oxygens (including phenoxy) is 1. The van der Waals surface area contributed by atoms with Crippen molar-refractivity contribution in [1.82, 2.24) is 4.90 Å². The topological polar surface area (TPSA) is 66.8 Å². The minimum Gasteiger partial charge on any atom is -0.497 e. The molecule has 0 aromatic heterocycles. The average Bonchev–Trinajstić information content (AvgIpc) is 2.58. The molecule has 0 saturated carbocycles. The summed E-state index contributed by atoms with van der Waals surface area (Å²) in [6, 6.07) is 7.31. The molecule has 1 N–H and O–H groups in total. The molecule has 0 aliphatic carbocycles. The van der Waals surface area contributed by atoms with Gasteiger partial charge in [-0.15, -0.1) is 0 Å². The van der Waals surface area contributed by atoms with E-state index >= 15 is 0 Å². The number of methoxy groups -OCH3 is 1. The molecule has 0 bridgehead atoms. The summed E-state index contributed by atoms with van der Waals surface area (Å²) in [5.74, 6) is 0.350. The zero-order valence-corrected chi connectivity index (χ0v) is 13.7. The molecule has 5 nitrogen and oxygen atoms in total.